The maximum atomic E-state index is 15.6. The van der Waals surface area contributed by atoms with Crippen molar-refractivity contribution in [3.8, 4) is 23.3 Å². The van der Waals surface area contributed by atoms with E-state index >= 15 is 14.4 Å². The Bertz CT molecular complexity index is 2910. The van der Waals surface area contributed by atoms with Crippen molar-refractivity contribution in [2.24, 2.45) is 5.92 Å². The number of para-hydroxylation sites is 3. The number of morpholine rings is 1. The molecule has 318 valence electrons. The molecule has 2 amide bonds. The number of carbonyl (C=O) groups excluding carboxylic acids is 3. The fraction of sp³-hybridized carbons (Fsp3) is 0.192. The Balaban J connectivity index is 1.21. The molecule has 3 aliphatic heterocycles. The average Bonchev–Trinajstić information content (AvgIpc) is 4.00. The Hall–Kier alpha value is -7.72. The number of aliphatic hydroxyl groups excluding tert-OH is 1. The van der Waals surface area contributed by atoms with E-state index in [1.165, 1.54) is 0 Å². The molecule has 6 aromatic carbocycles. The van der Waals surface area contributed by atoms with Crippen LogP contribution in [0.5, 0.6) is 11.5 Å². The second-order valence-electron chi connectivity index (χ2n) is 16.0. The van der Waals surface area contributed by atoms with E-state index in [1.807, 2.05) is 144 Å². The lowest BCUT2D eigenvalue weighted by molar-refractivity contribution is -0.178. The van der Waals surface area contributed by atoms with Crippen molar-refractivity contribution < 1.29 is 33.7 Å². The fourth-order valence-corrected chi connectivity index (χ4v) is 9.82. The number of aromatic nitrogens is 2. The number of amides is 2. The van der Waals surface area contributed by atoms with Crippen LogP contribution in [0.15, 0.2) is 152 Å². The molecule has 12 nitrogen and oxygen atoms in total. The van der Waals surface area contributed by atoms with E-state index < -0.39 is 53.3 Å². The minimum atomic E-state index is -1.79. The van der Waals surface area contributed by atoms with E-state index in [-0.39, 0.29) is 19.8 Å². The smallest absolute Gasteiger partial charge is 0.324 e. The van der Waals surface area contributed by atoms with Crippen LogP contribution >= 0.6 is 0 Å². The number of anilines is 1. The van der Waals surface area contributed by atoms with Gasteiger partial charge in [0.15, 0.2) is 0 Å². The number of ether oxygens (including phenoxy) is 3. The second-order valence-corrected chi connectivity index (χ2v) is 16.0. The number of esters is 1. The summed E-state index contributed by atoms with van der Waals surface area (Å²) >= 11 is 0. The zero-order chi connectivity index (χ0) is 43.8. The number of nitrogens with zero attached hydrogens (tertiary/aromatic N) is 2. The van der Waals surface area contributed by atoms with Crippen LogP contribution in [0, 0.1) is 17.8 Å². The molecule has 0 bridgehead atoms. The molecule has 2 fully saturated rings. The largest absolute Gasteiger partial charge is 0.497 e. The molecule has 0 radical (unpaired) electrons. The summed E-state index contributed by atoms with van der Waals surface area (Å²) in [5.41, 5.74) is 4.17. The number of cyclic esters (lactones) is 1. The highest BCUT2D eigenvalue weighted by molar-refractivity contribution is 6.12. The normalized spacial score (nSPS) is 22.2. The van der Waals surface area contributed by atoms with Crippen LogP contribution in [0.25, 0.3) is 11.0 Å². The van der Waals surface area contributed by atoms with Crippen LogP contribution in [-0.2, 0) is 31.1 Å². The van der Waals surface area contributed by atoms with E-state index in [2.05, 4.69) is 27.5 Å². The molecular formula is C52H43N5O7. The number of methoxy groups -OCH3 is 1. The van der Waals surface area contributed by atoms with E-state index in [0.717, 1.165) is 27.7 Å². The SMILES string of the molecule is COc1ccc(C#Cc2ccc3c(c2)C2(C(=O)N3)C(C(=O)NCc3nc4ccccc4[nH]3)C3C(=O)OC(c4ccccc4)C(c4ccccc4)N3C2c2ccccc2OCCO)cc1. The summed E-state index contributed by atoms with van der Waals surface area (Å²) < 4.78 is 18.2. The third-order valence-electron chi connectivity index (χ3n) is 12.5. The van der Waals surface area contributed by atoms with Crippen molar-refractivity contribution in [1.29, 1.82) is 0 Å². The lowest BCUT2D eigenvalue weighted by atomic mass is 9.65. The molecule has 2 saturated heterocycles. The molecule has 1 aromatic heterocycles. The minimum Gasteiger partial charge on any atom is -0.497 e. The first-order chi connectivity index (χ1) is 31.4. The van der Waals surface area contributed by atoms with Crippen molar-refractivity contribution in [3.63, 3.8) is 0 Å². The number of carbonyl (C=O) groups is 3. The van der Waals surface area contributed by atoms with Crippen molar-refractivity contribution in [3.05, 3.63) is 191 Å². The molecule has 6 atom stereocenters. The van der Waals surface area contributed by atoms with Gasteiger partial charge >= 0.3 is 5.97 Å². The van der Waals surface area contributed by atoms with Gasteiger partial charge in [-0.05, 0) is 77.4 Å². The summed E-state index contributed by atoms with van der Waals surface area (Å²) in [5.74, 6) is 5.06. The molecule has 3 aliphatic rings. The number of nitrogens with one attached hydrogen (secondary N) is 3. The third kappa shape index (κ3) is 6.91. The number of aromatic amines is 1. The lowest BCUT2D eigenvalue weighted by Gasteiger charge is -2.46. The Labute approximate surface area is 369 Å². The second kappa shape index (κ2) is 16.9. The van der Waals surface area contributed by atoms with Gasteiger partial charge in [0.1, 0.15) is 41.5 Å². The Morgan fingerprint density at radius 3 is 2.27 bits per heavy atom. The van der Waals surface area contributed by atoms with Gasteiger partial charge in [-0.2, -0.15) is 0 Å². The molecule has 0 saturated carbocycles. The van der Waals surface area contributed by atoms with Crippen LogP contribution < -0.4 is 20.1 Å². The molecule has 1 spiro atoms. The molecule has 0 aliphatic carbocycles. The van der Waals surface area contributed by atoms with Gasteiger partial charge < -0.3 is 34.9 Å². The fourth-order valence-electron chi connectivity index (χ4n) is 9.82. The minimum absolute atomic E-state index is 0.0146. The highest BCUT2D eigenvalue weighted by Gasteiger charge is 2.74. The maximum Gasteiger partial charge on any atom is 0.324 e. The summed E-state index contributed by atoms with van der Waals surface area (Å²) in [6, 6.07) is 43.9. The summed E-state index contributed by atoms with van der Waals surface area (Å²) in [5, 5.41) is 16.2. The third-order valence-corrected chi connectivity index (χ3v) is 12.5. The number of rotatable bonds is 10. The molecule has 7 aromatic rings. The van der Waals surface area contributed by atoms with Crippen molar-refractivity contribution in [2.45, 2.75) is 36.2 Å². The number of aliphatic hydroxyl groups is 1. The Morgan fingerprint density at radius 1 is 0.828 bits per heavy atom. The first-order valence-corrected chi connectivity index (χ1v) is 21.1. The molecule has 6 unspecified atom stereocenters. The zero-order valence-corrected chi connectivity index (χ0v) is 34.7. The highest BCUT2D eigenvalue weighted by atomic mass is 16.6. The number of hydrogen-bond acceptors (Lipinski definition) is 9. The molecule has 12 heteroatoms. The number of benzene rings is 6. The van der Waals surface area contributed by atoms with Crippen LogP contribution in [-0.4, -0.2) is 64.1 Å². The van der Waals surface area contributed by atoms with Crippen molar-refractivity contribution >= 4 is 34.5 Å². The topological polar surface area (TPSA) is 155 Å². The Kier molecular flexibility index (Phi) is 10.6. The van der Waals surface area contributed by atoms with Crippen molar-refractivity contribution in [2.75, 3.05) is 25.6 Å². The average molecular weight is 850 g/mol. The number of H-pyrrole nitrogens is 1. The lowest BCUT2D eigenvalue weighted by Crippen LogP contribution is -2.54. The quantitative estimate of drug-likeness (QED) is 0.0848. The van der Waals surface area contributed by atoms with Gasteiger partial charge in [-0.15, -0.1) is 0 Å². The molecular weight excluding hydrogens is 807 g/mol. The van der Waals surface area contributed by atoms with Crippen LogP contribution in [0.1, 0.15) is 57.4 Å². The van der Waals surface area contributed by atoms with Gasteiger partial charge in [0.2, 0.25) is 11.8 Å². The molecule has 10 rings (SSSR count). The predicted molar refractivity (Wildman–Crippen MR) is 239 cm³/mol. The van der Waals surface area contributed by atoms with Crippen LogP contribution in [0.4, 0.5) is 5.69 Å². The number of hydrogen-bond donors (Lipinski definition) is 4. The van der Waals surface area contributed by atoms with E-state index in [9.17, 15) is 5.11 Å². The summed E-state index contributed by atoms with van der Waals surface area (Å²) in [6.45, 7) is -0.316. The predicted octanol–water partition coefficient (Wildman–Crippen LogP) is 6.93. The first kappa shape index (κ1) is 40.4. The van der Waals surface area contributed by atoms with Crippen molar-refractivity contribution in [1.82, 2.24) is 20.2 Å². The number of imidazole rings is 1. The molecule has 4 heterocycles. The van der Waals surface area contributed by atoms with Gasteiger partial charge in [0.25, 0.3) is 0 Å². The van der Waals surface area contributed by atoms with Gasteiger partial charge in [-0.3, -0.25) is 19.3 Å². The first-order valence-electron chi connectivity index (χ1n) is 21.1. The highest BCUT2D eigenvalue weighted by Crippen LogP contribution is 2.65. The van der Waals surface area contributed by atoms with Gasteiger partial charge in [-0.1, -0.05) is 103 Å². The summed E-state index contributed by atoms with van der Waals surface area (Å²) in [7, 11) is 1.60. The molecule has 64 heavy (non-hydrogen) atoms. The number of fused-ring (bicyclic) bond motifs is 4. The zero-order valence-electron chi connectivity index (χ0n) is 34.7. The van der Waals surface area contributed by atoms with E-state index in [0.29, 0.717) is 39.7 Å². The van der Waals surface area contributed by atoms with E-state index in [1.54, 1.807) is 19.2 Å². The standard InChI is InChI=1S/C52H43N5O7/c1-62-36-25-22-32(23-26-36)20-21-33-24-27-39-38(30-33)52(51(61)56-39)44(49(59)53-31-43-54-40-17-9-10-18-41(40)55-43)46-50(60)64-47(35-14-6-3-7-15-35)45(34-12-4-2-5-13-34)57(46)48(52)37-16-8-11-19-42(37)63-29-28-58/h2-19,22-27,30,44-48,58H,28-29,31H2,1H3,(H,53,59)(H,54,55)(H,56,61). The van der Waals surface area contributed by atoms with Gasteiger partial charge in [-0.25, -0.2) is 4.98 Å². The summed E-state index contributed by atoms with van der Waals surface area (Å²) in [6.07, 6.45) is -0.847. The Morgan fingerprint density at radius 2 is 1.52 bits per heavy atom. The monoisotopic (exact) mass is 849 g/mol. The van der Waals surface area contributed by atoms with Crippen LogP contribution in [0.3, 0.4) is 0 Å². The van der Waals surface area contributed by atoms with Gasteiger partial charge in [0, 0.05) is 22.4 Å². The van der Waals surface area contributed by atoms with Crippen LogP contribution in [0.2, 0.25) is 0 Å². The maximum absolute atomic E-state index is 15.6. The summed E-state index contributed by atoms with van der Waals surface area (Å²) in [4.78, 5) is 56.4. The molecule has 4 N–H and O–H groups in total. The van der Waals surface area contributed by atoms with E-state index in [4.69, 9.17) is 19.2 Å². The van der Waals surface area contributed by atoms with Gasteiger partial charge in [0.05, 0.1) is 49.3 Å².